The summed E-state index contributed by atoms with van der Waals surface area (Å²) in [5.74, 6) is 2.16. The highest BCUT2D eigenvalue weighted by molar-refractivity contribution is 6.00. The molecule has 0 bridgehead atoms. The molecule has 1 aromatic carbocycles. The Balaban J connectivity index is 1.27. The molecule has 1 aromatic heterocycles. The van der Waals surface area contributed by atoms with Crippen LogP contribution < -0.4 is 19.7 Å². The van der Waals surface area contributed by atoms with E-state index < -0.39 is 5.92 Å². The van der Waals surface area contributed by atoms with E-state index in [2.05, 4.69) is 15.5 Å². The van der Waals surface area contributed by atoms with Crippen LogP contribution >= 0.6 is 0 Å². The number of anilines is 1. The zero-order valence-corrected chi connectivity index (χ0v) is 17.7. The number of ether oxygens (including phenoxy) is 2. The number of carbonyl (C=O) groups excluding carboxylic acids is 2. The van der Waals surface area contributed by atoms with Gasteiger partial charge in [0.25, 0.3) is 0 Å². The van der Waals surface area contributed by atoms with E-state index in [0.29, 0.717) is 48.8 Å². The van der Waals surface area contributed by atoms with Gasteiger partial charge in [-0.1, -0.05) is 19.0 Å². The van der Waals surface area contributed by atoms with Crippen molar-refractivity contribution in [3.63, 3.8) is 0 Å². The first-order valence-corrected chi connectivity index (χ1v) is 10.8. The summed E-state index contributed by atoms with van der Waals surface area (Å²) in [6, 6.07) is 5.03. The van der Waals surface area contributed by atoms with E-state index in [4.69, 9.17) is 14.0 Å². The molecule has 31 heavy (non-hydrogen) atoms. The minimum Gasteiger partial charge on any atom is -0.486 e. The van der Waals surface area contributed by atoms with Crippen LogP contribution in [0, 0.1) is 11.8 Å². The quantitative estimate of drug-likeness (QED) is 0.756. The predicted octanol–water partition coefficient (Wildman–Crippen LogP) is 2.58. The van der Waals surface area contributed by atoms with Gasteiger partial charge in [0.2, 0.25) is 17.7 Å². The lowest BCUT2D eigenvalue weighted by Crippen LogP contribution is -2.37. The molecule has 3 aliphatic rings. The Labute approximate surface area is 180 Å². The molecule has 1 saturated heterocycles. The predicted molar refractivity (Wildman–Crippen MR) is 110 cm³/mol. The van der Waals surface area contributed by atoms with Gasteiger partial charge in [0, 0.05) is 30.6 Å². The molecule has 3 heterocycles. The van der Waals surface area contributed by atoms with Crippen molar-refractivity contribution in [3.8, 4) is 11.5 Å². The molecule has 0 radical (unpaired) electrons. The molecule has 1 N–H and O–H groups in total. The third-order valence-electron chi connectivity index (χ3n) is 5.96. The van der Waals surface area contributed by atoms with Crippen LogP contribution in [0.25, 0.3) is 0 Å². The second-order valence-corrected chi connectivity index (χ2v) is 8.73. The van der Waals surface area contributed by atoms with Crippen LogP contribution in [0.4, 0.5) is 5.69 Å². The van der Waals surface area contributed by atoms with E-state index in [1.54, 1.807) is 17.0 Å². The summed E-state index contributed by atoms with van der Waals surface area (Å²) in [5, 5.41) is 7.09. The number of benzene rings is 1. The second-order valence-electron chi connectivity index (χ2n) is 8.73. The molecule has 0 spiro atoms. The van der Waals surface area contributed by atoms with Crippen molar-refractivity contribution in [1.29, 1.82) is 0 Å². The summed E-state index contributed by atoms with van der Waals surface area (Å²) in [6.45, 7) is 5.29. The third-order valence-corrected chi connectivity index (χ3v) is 5.96. The van der Waals surface area contributed by atoms with E-state index in [9.17, 15) is 9.59 Å². The molecule has 9 nitrogen and oxygen atoms in total. The summed E-state index contributed by atoms with van der Waals surface area (Å²) in [5.41, 5.74) is 0.705. The standard InChI is InChI=1S/C22H26N4O5/c1-12(2)19(22-24-20(25-31-22)13-3-4-13)23-21(28)14-9-18(27)26(11-14)15-5-6-16-17(10-15)30-8-7-29-16/h5-6,10,12-14,19H,3-4,7-9,11H2,1-2H3,(H,23,28). The Bertz CT molecular complexity index is 1000. The fraction of sp³-hybridized carbons (Fsp3) is 0.545. The maximum Gasteiger partial charge on any atom is 0.249 e. The second kappa shape index (κ2) is 7.86. The fourth-order valence-corrected chi connectivity index (χ4v) is 4.00. The van der Waals surface area contributed by atoms with E-state index in [0.717, 1.165) is 18.7 Å². The number of hydrogen-bond acceptors (Lipinski definition) is 7. The monoisotopic (exact) mass is 426 g/mol. The number of nitrogens with one attached hydrogen (secondary N) is 1. The maximum atomic E-state index is 13.0. The first kappa shape index (κ1) is 19.8. The number of amides is 2. The molecule has 2 fully saturated rings. The van der Waals surface area contributed by atoms with E-state index >= 15 is 0 Å². The lowest BCUT2D eigenvalue weighted by molar-refractivity contribution is -0.127. The normalized spacial score (nSPS) is 21.5. The molecular weight excluding hydrogens is 400 g/mol. The summed E-state index contributed by atoms with van der Waals surface area (Å²) in [7, 11) is 0. The van der Waals surface area contributed by atoms with Gasteiger partial charge >= 0.3 is 0 Å². The van der Waals surface area contributed by atoms with Gasteiger partial charge in [-0.15, -0.1) is 0 Å². The van der Waals surface area contributed by atoms with E-state index in [1.165, 1.54) is 0 Å². The highest BCUT2D eigenvalue weighted by atomic mass is 16.6. The Hall–Kier alpha value is -3.10. The van der Waals surface area contributed by atoms with Crippen molar-refractivity contribution in [2.45, 2.75) is 45.1 Å². The van der Waals surface area contributed by atoms with Crippen molar-refractivity contribution in [2.24, 2.45) is 11.8 Å². The fourth-order valence-electron chi connectivity index (χ4n) is 4.00. The molecule has 2 aliphatic heterocycles. The molecule has 5 rings (SSSR count). The van der Waals surface area contributed by atoms with Crippen molar-refractivity contribution in [3.05, 3.63) is 29.9 Å². The van der Waals surface area contributed by atoms with E-state index in [1.807, 2.05) is 19.9 Å². The summed E-state index contributed by atoms with van der Waals surface area (Å²) < 4.78 is 16.6. The summed E-state index contributed by atoms with van der Waals surface area (Å²) in [4.78, 5) is 31.8. The molecule has 9 heteroatoms. The highest BCUT2D eigenvalue weighted by Crippen LogP contribution is 2.39. The molecule has 164 valence electrons. The maximum absolute atomic E-state index is 13.0. The van der Waals surface area contributed by atoms with Crippen LogP contribution in [0.1, 0.15) is 56.8 Å². The van der Waals surface area contributed by atoms with Crippen LogP contribution in [-0.4, -0.2) is 41.7 Å². The number of carbonyl (C=O) groups is 2. The van der Waals surface area contributed by atoms with Crippen molar-refractivity contribution in [2.75, 3.05) is 24.7 Å². The van der Waals surface area contributed by atoms with Crippen LogP contribution in [0.5, 0.6) is 11.5 Å². The number of aromatic nitrogens is 2. The lowest BCUT2D eigenvalue weighted by Gasteiger charge is -2.23. The Morgan fingerprint density at radius 3 is 2.71 bits per heavy atom. The van der Waals surface area contributed by atoms with Gasteiger partial charge in [-0.25, -0.2) is 0 Å². The Morgan fingerprint density at radius 1 is 1.19 bits per heavy atom. The lowest BCUT2D eigenvalue weighted by atomic mass is 10.0. The largest absolute Gasteiger partial charge is 0.486 e. The molecule has 1 aliphatic carbocycles. The minimum absolute atomic E-state index is 0.0717. The number of rotatable bonds is 6. The topological polar surface area (TPSA) is 107 Å². The minimum atomic E-state index is -0.451. The average Bonchev–Trinajstić information content (AvgIpc) is 3.37. The average molecular weight is 426 g/mol. The van der Waals surface area contributed by atoms with Crippen molar-refractivity contribution < 1.29 is 23.6 Å². The van der Waals surface area contributed by atoms with Gasteiger partial charge in [-0.3, -0.25) is 9.59 Å². The molecule has 1 saturated carbocycles. The molecule has 2 aromatic rings. The number of fused-ring (bicyclic) bond motifs is 1. The summed E-state index contributed by atoms with van der Waals surface area (Å²) in [6.07, 6.45) is 2.32. The van der Waals surface area contributed by atoms with Crippen molar-refractivity contribution >= 4 is 17.5 Å². The number of hydrogen-bond donors (Lipinski definition) is 1. The first-order valence-electron chi connectivity index (χ1n) is 10.8. The smallest absolute Gasteiger partial charge is 0.249 e. The molecule has 2 amide bonds. The Kier molecular flexibility index (Phi) is 5.03. The van der Waals surface area contributed by atoms with Crippen molar-refractivity contribution in [1.82, 2.24) is 15.5 Å². The molecular formula is C22H26N4O5. The van der Waals surface area contributed by atoms with Gasteiger partial charge in [0.05, 0.1) is 5.92 Å². The first-order chi connectivity index (χ1) is 15.0. The van der Waals surface area contributed by atoms with E-state index in [-0.39, 0.29) is 30.2 Å². The summed E-state index contributed by atoms with van der Waals surface area (Å²) >= 11 is 0. The SMILES string of the molecule is CC(C)C(NC(=O)C1CC(=O)N(c2ccc3c(c2)OCCO3)C1)c1nc(C2CC2)no1. The number of nitrogens with zero attached hydrogens (tertiary/aromatic N) is 3. The van der Waals surface area contributed by atoms with Gasteiger partial charge in [0.1, 0.15) is 19.3 Å². The Morgan fingerprint density at radius 2 is 1.97 bits per heavy atom. The molecule has 2 atom stereocenters. The van der Waals surface area contributed by atoms with Crippen LogP contribution in [-0.2, 0) is 9.59 Å². The zero-order valence-electron chi connectivity index (χ0n) is 17.7. The molecule has 2 unspecified atom stereocenters. The van der Waals surface area contributed by atoms with Crippen LogP contribution in [0.2, 0.25) is 0 Å². The zero-order chi connectivity index (χ0) is 21.5. The van der Waals surface area contributed by atoms with Gasteiger partial charge < -0.3 is 24.2 Å². The highest BCUT2D eigenvalue weighted by Gasteiger charge is 2.38. The van der Waals surface area contributed by atoms with Gasteiger partial charge in [-0.05, 0) is 30.9 Å². The van der Waals surface area contributed by atoms with Gasteiger partial charge in [0.15, 0.2) is 17.3 Å². The van der Waals surface area contributed by atoms with Gasteiger partial charge in [-0.2, -0.15) is 4.98 Å². The third kappa shape index (κ3) is 3.96. The van der Waals surface area contributed by atoms with Crippen LogP contribution in [0.3, 0.4) is 0 Å². The van der Waals surface area contributed by atoms with Crippen LogP contribution in [0.15, 0.2) is 22.7 Å².